The molecule has 2 atom stereocenters. The van der Waals surface area contributed by atoms with Crippen LogP contribution in [0.1, 0.15) is 53.4 Å². The number of hydrogen-bond donors (Lipinski definition) is 2. The van der Waals surface area contributed by atoms with Gasteiger partial charge in [-0.1, -0.05) is 13.8 Å². The first-order valence-electron chi connectivity index (χ1n) is 6.62. The first-order valence-corrected chi connectivity index (χ1v) is 6.62. The molecule has 0 aliphatic rings. The summed E-state index contributed by atoms with van der Waals surface area (Å²) in [5, 5.41) is 3.22. The summed E-state index contributed by atoms with van der Waals surface area (Å²) < 4.78 is 5.59. The van der Waals surface area contributed by atoms with Gasteiger partial charge in [-0.3, -0.25) is 4.79 Å². The Bertz CT molecular complexity index is 221. The van der Waals surface area contributed by atoms with Crippen molar-refractivity contribution in [1.82, 2.24) is 5.32 Å². The van der Waals surface area contributed by atoms with Gasteiger partial charge >= 0.3 is 0 Å². The van der Waals surface area contributed by atoms with Gasteiger partial charge in [0.25, 0.3) is 0 Å². The molecule has 0 aliphatic carbocycles. The second-order valence-corrected chi connectivity index (χ2v) is 4.82. The van der Waals surface area contributed by atoms with Gasteiger partial charge in [-0.05, 0) is 46.1 Å². The van der Waals surface area contributed by atoms with Gasteiger partial charge in [0.1, 0.15) is 0 Å². The Balaban J connectivity index is 3.96. The molecule has 17 heavy (non-hydrogen) atoms. The van der Waals surface area contributed by atoms with Crippen LogP contribution in [0.2, 0.25) is 0 Å². The molecule has 0 saturated carbocycles. The molecular formula is C13H28N2O2. The Labute approximate surface area is 105 Å². The highest BCUT2D eigenvalue weighted by Gasteiger charge is 2.29. The molecule has 0 bridgehead atoms. The molecule has 0 spiro atoms. The number of nitrogens with one attached hydrogen (secondary N) is 1. The molecule has 0 aromatic rings. The summed E-state index contributed by atoms with van der Waals surface area (Å²) >= 11 is 0. The van der Waals surface area contributed by atoms with Gasteiger partial charge in [-0.15, -0.1) is 0 Å². The normalized spacial score (nSPS) is 16.5. The van der Waals surface area contributed by atoms with Crippen LogP contribution in [0.4, 0.5) is 0 Å². The monoisotopic (exact) mass is 244 g/mol. The third-order valence-corrected chi connectivity index (χ3v) is 3.11. The van der Waals surface area contributed by atoms with Crippen LogP contribution >= 0.6 is 0 Å². The predicted octanol–water partition coefficient (Wildman–Crippen LogP) is 1.83. The van der Waals surface area contributed by atoms with E-state index < -0.39 is 5.54 Å². The number of amides is 1. The molecule has 0 radical (unpaired) electrons. The number of rotatable bonds is 10. The van der Waals surface area contributed by atoms with Crippen molar-refractivity contribution in [3.8, 4) is 0 Å². The summed E-state index contributed by atoms with van der Waals surface area (Å²) in [5.41, 5.74) is 4.84. The van der Waals surface area contributed by atoms with Crippen molar-refractivity contribution in [3.05, 3.63) is 0 Å². The minimum atomic E-state index is -0.602. The van der Waals surface area contributed by atoms with E-state index in [1.54, 1.807) is 0 Å². The van der Waals surface area contributed by atoms with Gasteiger partial charge < -0.3 is 15.8 Å². The molecule has 0 fully saturated rings. The van der Waals surface area contributed by atoms with Crippen LogP contribution < -0.4 is 11.1 Å². The lowest BCUT2D eigenvalue weighted by Gasteiger charge is -2.27. The summed E-state index contributed by atoms with van der Waals surface area (Å²) in [6.07, 6.45) is 3.87. The molecule has 0 heterocycles. The average Bonchev–Trinajstić information content (AvgIpc) is 2.31. The fourth-order valence-corrected chi connectivity index (χ4v) is 1.53. The molecule has 1 amide bonds. The van der Waals surface area contributed by atoms with E-state index >= 15 is 0 Å². The van der Waals surface area contributed by atoms with Crippen LogP contribution in [0.25, 0.3) is 0 Å². The molecular weight excluding hydrogens is 216 g/mol. The van der Waals surface area contributed by atoms with E-state index in [0.717, 1.165) is 32.2 Å². The van der Waals surface area contributed by atoms with E-state index in [1.807, 2.05) is 6.92 Å². The average molecular weight is 244 g/mol. The molecule has 0 aromatic carbocycles. The third-order valence-electron chi connectivity index (χ3n) is 3.11. The first kappa shape index (κ1) is 16.4. The highest BCUT2D eigenvalue weighted by atomic mass is 16.5. The van der Waals surface area contributed by atoms with E-state index in [0.29, 0.717) is 12.7 Å². The fourth-order valence-electron chi connectivity index (χ4n) is 1.53. The largest absolute Gasteiger partial charge is 0.379 e. The fraction of sp³-hybridized carbons (Fsp3) is 0.923. The number of primary amides is 1. The zero-order valence-corrected chi connectivity index (χ0v) is 11.7. The summed E-state index contributed by atoms with van der Waals surface area (Å²) in [6.45, 7) is 9.59. The van der Waals surface area contributed by atoms with Crippen molar-refractivity contribution in [2.45, 2.75) is 65.0 Å². The van der Waals surface area contributed by atoms with E-state index in [-0.39, 0.29) is 5.91 Å². The molecule has 4 nitrogen and oxygen atoms in total. The third kappa shape index (κ3) is 6.64. The number of hydrogen-bond acceptors (Lipinski definition) is 3. The Morgan fingerprint density at radius 1 is 1.47 bits per heavy atom. The van der Waals surface area contributed by atoms with E-state index in [9.17, 15) is 4.79 Å². The zero-order chi connectivity index (χ0) is 13.3. The van der Waals surface area contributed by atoms with E-state index in [1.165, 1.54) is 0 Å². The first-order chi connectivity index (χ1) is 7.96. The molecule has 4 heteroatoms. The quantitative estimate of drug-likeness (QED) is 0.576. The number of nitrogens with two attached hydrogens (primary N) is 1. The maximum atomic E-state index is 11.4. The SMILES string of the molecule is CCCNC(C)(CCCOC(C)CC)C(N)=O. The lowest BCUT2D eigenvalue weighted by atomic mass is 9.95. The van der Waals surface area contributed by atoms with Crippen molar-refractivity contribution in [2.75, 3.05) is 13.2 Å². The van der Waals surface area contributed by atoms with Gasteiger partial charge in [0, 0.05) is 6.61 Å². The van der Waals surface area contributed by atoms with Gasteiger partial charge in [0.15, 0.2) is 0 Å². The van der Waals surface area contributed by atoms with Crippen molar-refractivity contribution in [3.63, 3.8) is 0 Å². The van der Waals surface area contributed by atoms with Crippen LogP contribution in [0.3, 0.4) is 0 Å². The van der Waals surface area contributed by atoms with Crippen molar-refractivity contribution in [2.24, 2.45) is 5.73 Å². The second-order valence-electron chi connectivity index (χ2n) is 4.82. The molecule has 3 N–H and O–H groups in total. The summed E-state index contributed by atoms with van der Waals surface area (Å²) in [7, 11) is 0. The van der Waals surface area contributed by atoms with Gasteiger partial charge in [-0.2, -0.15) is 0 Å². The standard InChI is InChI=1S/C13H28N2O2/c1-5-9-15-13(4,12(14)16)8-7-10-17-11(3)6-2/h11,15H,5-10H2,1-4H3,(H2,14,16). The van der Waals surface area contributed by atoms with E-state index in [4.69, 9.17) is 10.5 Å². The van der Waals surface area contributed by atoms with Crippen LogP contribution in [-0.2, 0) is 9.53 Å². The van der Waals surface area contributed by atoms with Gasteiger partial charge in [-0.25, -0.2) is 0 Å². The minimum Gasteiger partial charge on any atom is -0.379 e. The topological polar surface area (TPSA) is 64.3 Å². The zero-order valence-electron chi connectivity index (χ0n) is 11.7. The number of carbonyl (C=O) groups is 1. The summed E-state index contributed by atoms with van der Waals surface area (Å²) in [4.78, 5) is 11.4. The smallest absolute Gasteiger partial charge is 0.237 e. The maximum absolute atomic E-state index is 11.4. The Morgan fingerprint density at radius 3 is 2.59 bits per heavy atom. The van der Waals surface area contributed by atoms with Gasteiger partial charge in [0.05, 0.1) is 11.6 Å². The molecule has 0 saturated heterocycles. The van der Waals surface area contributed by atoms with Crippen molar-refractivity contribution in [1.29, 1.82) is 0 Å². The van der Waals surface area contributed by atoms with Crippen LogP contribution in [-0.4, -0.2) is 30.7 Å². The highest BCUT2D eigenvalue weighted by molar-refractivity contribution is 5.84. The molecule has 2 unspecified atom stereocenters. The minimum absolute atomic E-state index is 0.283. The Hall–Kier alpha value is -0.610. The molecule has 102 valence electrons. The molecule has 0 rings (SSSR count). The Kier molecular flexibility index (Phi) is 8.17. The number of ether oxygens (including phenoxy) is 1. The van der Waals surface area contributed by atoms with Crippen LogP contribution in [0.5, 0.6) is 0 Å². The highest BCUT2D eigenvalue weighted by Crippen LogP contribution is 2.12. The Morgan fingerprint density at radius 2 is 2.12 bits per heavy atom. The lowest BCUT2D eigenvalue weighted by molar-refractivity contribution is -0.124. The summed E-state index contributed by atoms with van der Waals surface area (Å²) in [5.74, 6) is -0.283. The predicted molar refractivity (Wildman–Crippen MR) is 70.8 cm³/mol. The van der Waals surface area contributed by atoms with Crippen LogP contribution in [0, 0.1) is 0 Å². The molecule has 0 aliphatic heterocycles. The van der Waals surface area contributed by atoms with Gasteiger partial charge in [0.2, 0.25) is 5.91 Å². The van der Waals surface area contributed by atoms with Crippen molar-refractivity contribution < 1.29 is 9.53 Å². The molecule has 0 aromatic heterocycles. The second kappa shape index (κ2) is 8.48. The van der Waals surface area contributed by atoms with Crippen molar-refractivity contribution >= 4 is 5.91 Å². The van der Waals surface area contributed by atoms with Crippen LogP contribution in [0.15, 0.2) is 0 Å². The van der Waals surface area contributed by atoms with E-state index in [2.05, 4.69) is 26.1 Å². The number of carbonyl (C=O) groups excluding carboxylic acids is 1. The summed E-state index contributed by atoms with van der Waals surface area (Å²) in [6, 6.07) is 0. The maximum Gasteiger partial charge on any atom is 0.237 e. The lowest BCUT2D eigenvalue weighted by Crippen LogP contribution is -2.53.